The average molecular weight is 234 g/mol. The average Bonchev–Trinajstić information content (AvgIpc) is 2.26. The number of aryl methyl sites for hydroxylation is 1. The summed E-state index contributed by atoms with van der Waals surface area (Å²) < 4.78 is 5.80. The number of carbonyl (C=O) groups is 1. The quantitative estimate of drug-likeness (QED) is 0.800. The van der Waals surface area contributed by atoms with Gasteiger partial charge in [0.15, 0.2) is 5.78 Å². The van der Waals surface area contributed by atoms with Gasteiger partial charge in [-0.3, -0.25) is 4.79 Å². The van der Waals surface area contributed by atoms with E-state index < -0.39 is 0 Å². The zero-order valence-electron chi connectivity index (χ0n) is 10.5. The van der Waals surface area contributed by atoms with Gasteiger partial charge in [0.05, 0.1) is 5.56 Å². The van der Waals surface area contributed by atoms with Crippen LogP contribution in [0.25, 0.3) is 0 Å². The second-order valence-corrected chi connectivity index (χ2v) is 5.12. The van der Waals surface area contributed by atoms with Gasteiger partial charge in [0, 0.05) is 12.5 Å². The molecule has 1 aliphatic rings. The molecule has 92 valence electrons. The minimum atomic E-state index is -0.199. The summed E-state index contributed by atoms with van der Waals surface area (Å²) in [7, 11) is 0. The Balaban J connectivity index is 2.42. The van der Waals surface area contributed by atoms with Crippen LogP contribution in [0.15, 0.2) is 12.1 Å². The van der Waals surface area contributed by atoms with Gasteiger partial charge in [0.2, 0.25) is 0 Å². The van der Waals surface area contributed by atoms with Gasteiger partial charge in [-0.2, -0.15) is 0 Å². The molecule has 1 aromatic carbocycles. The Hall–Kier alpha value is -1.51. The van der Waals surface area contributed by atoms with Crippen molar-refractivity contribution in [2.45, 2.75) is 45.6 Å². The highest BCUT2D eigenvalue weighted by Gasteiger charge is 2.28. The van der Waals surface area contributed by atoms with E-state index >= 15 is 0 Å². The number of rotatable bonds is 2. The first kappa shape index (κ1) is 12.0. The Morgan fingerprint density at radius 3 is 2.82 bits per heavy atom. The topological polar surface area (TPSA) is 46.5 Å². The second kappa shape index (κ2) is 4.06. The van der Waals surface area contributed by atoms with Gasteiger partial charge < -0.3 is 9.84 Å². The van der Waals surface area contributed by atoms with Crippen LogP contribution in [-0.4, -0.2) is 16.5 Å². The molecule has 0 aromatic heterocycles. The zero-order chi connectivity index (χ0) is 12.6. The fourth-order valence-corrected chi connectivity index (χ4v) is 2.10. The van der Waals surface area contributed by atoms with Crippen molar-refractivity contribution in [1.29, 1.82) is 0 Å². The Morgan fingerprint density at radius 1 is 1.47 bits per heavy atom. The van der Waals surface area contributed by atoms with E-state index in [-0.39, 0.29) is 17.1 Å². The molecule has 3 heteroatoms. The smallest absolute Gasteiger partial charge is 0.166 e. The molecule has 0 atom stereocenters. The maximum Gasteiger partial charge on any atom is 0.166 e. The molecule has 1 heterocycles. The summed E-state index contributed by atoms with van der Waals surface area (Å²) in [4.78, 5) is 11.6. The molecule has 3 nitrogen and oxygen atoms in total. The summed E-state index contributed by atoms with van der Waals surface area (Å²) >= 11 is 0. The first-order valence-corrected chi connectivity index (χ1v) is 6.01. The van der Waals surface area contributed by atoms with Crippen LogP contribution in [0, 0.1) is 0 Å². The van der Waals surface area contributed by atoms with Crippen molar-refractivity contribution in [1.82, 2.24) is 0 Å². The molecule has 0 spiro atoms. The van der Waals surface area contributed by atoms with Crippen molar-refractivity contribution in [2.24, 2.45) is 0 Å². The van der Waals surface area contributed by atoms with E-state index in [1.165, 1.54) is 0 Å². The molecule has 0 saturated heterocycles. The summed E-state index contributed by atoms with van der Waals surface area (Å²) in [5.74, 6) is 0.690. The number of phenolic OH excluding ortho intramolecular Hbond substituents is 1. The summed E-state index contributed by atoms with van der Waals surface area (Å²) in [5, 5.41) is 9.84. The zero-order valence-corrected chi connectivity index (χ0v) is 10.5. The third kappa shape index (κ3) is 2.28. The molecule has 0 bridgehead atoms. The number of Topliss-reactive ketones (excluding diaryl/α,β-unsaturated/α-hetero) is 1. The Kier molecular flexibility index (Phi) is 2.86. The lowest BCUT2D eigenvalue weighted by atomic mass is 9.92. The summed E-state index contributed by atoms with van der Waals surface area (Å²) in [6.45, 7) is 5.84. The minimum absolute atomic E-state index is 0.0216. The predicted octanol–water partition coefficient (Wildman–Crippen LogP) is 3.09. The molecule has 1 N–H and O–H groups in total. The maximum absolute atomic E-state index is 11.6. The van der Waals surface area contributed by atoms with E-state index in [1.807, 2.05) is 13.8 Å². The minimum Gasteiger partial charge on any atom is -0.507 e. The van der Waals surface area contributed by atoms with Crippen LogP contribution >= 0.6 is 0 Å². The lowest BCUT2D eigenvalue weighted by molar-refractivity contribution is 0.0842. The molecule has 2 rings (SSSR count). The monoisotopic (exact) mass is 234 g/mol. The Labute approximate surface area is 101 Å². The third-order valence-corrected chi connectivity index (χ3v) is 3.18. The van der Waals surface area contributed by atoms with Crippen molar-refractivity contribution < 1.29 is 14.6 Å². The van der Waals surface area contributed by atoms with Crippen LogP contribution in [-0.2, 0) is 6.42 Å². The largest absolute Gasteiger partial charge is 0.507 e. The first-order chi connectivity index (χ1) is 7.93. The standard InChI is InChI=1S/C14H18O3/c1-4-11(15)10-7-9-5-6-14(2,3)17-13(9)8-12(10)16/h7-8,16H,4-6H2,1-3H3. The number of phenols is 1. The summed E-state index contributed by atoms with van der Waals surface area (Å²) in [6, 6.07) is 3.34. The SMILES string of the molecule is CCC(=O)c1cc2c(cc1O)OC(C)(C)CC2. The number of carbonyl (C=O) groups excluding carboxylic acids is 1. The van der Waals surface area contributed by atoms with Crippen molar-refractivity contribution in [2.75, 3.05) is 0 Å². The highest BCUT2D eigenvalue weighted by atomic mass is 16.5. The molecule has 0 unspecified atom stereocenters. The lowest BCUT2D eigenvalue weighted by Crippen LogP contribution is -2.32. The normalized spacial score (nSPS) is 17.1. The van der Waals surface area contributed by atoms with E-state index in [1.54, 1.807) is 19.1 Å². The van der Waals surface area contributed by atoms with Gasteiger partial charge in [0.1, 0.15) is 17.1 Å². The van der Waals surface area contributed by atoms with E-state index in [0.29, 0.717) is 17.7 Å². The van der Waals surface area contributed by atoms with Crippen molar-refractivity contribution in [3.05, 3.63) is 23.3 Å². The lowest BCUT2D eigenvalue weighted by Gasteiger charge is -2.32. The molecule has 0 amide bonds. The van der Waals surface area contributed by atoms with E-state index in [2.05, 4.69) is 0 Å². The first-order valence-electron chi connectivity index (χ1n) is 6.01. The van der Waals surface area contributed by atoms with Crippen molar-refractivity contribution in [3.8, 4) is 11.5 Å². The number of ketones is 1. The second-order valence-electron chi connectivity index (χ2n) is 5.12. The third-order valence-electron chi connectivity index (χ3n) is 3.18. The highest BCUT2D eigenvalue weighted by molar-refractivity contribution is 5.98. The fourth-order valence-electron chi connectivity index (χ4n) is 2.10. The summed E-state index contributed by atoms with van der Waals surface area (Å²) in [5.41, 5.74) is 1.23. The molecule has 0 saturated carbocycles. The van der Waals surface area contributed by atoms with Crippen LogP contribution in [0.2, 0.25) is 0 Å². The molecule has 0 radical (unpaired) electrons. The molecule has 0 fully saturated rings. The van der Waals surface area contributed by atoms with Gasteiger partial charge in [-0.1, -0.05) is 6.92 Å². The number of ether oxygens (including phenoxy) is 1. The van der Waals surface area contributed by atoms with Gasteiger partial charge >= 0.3 is 0 Å². The molecule has 1 aliphatic heterocycles. The number of hydrogen-bond acceptors (Lipinski definition) is 3. The fraction of sp³-hybridized carbons (Fsp3) is 0.500. The number of hydrogen-bond donors (Lipinski definition) is 1. The maximum atomic E-state index is 11.6. The van der Waals surface area contributed by atoms with E-state index in [4.69, 9.17) is 4.74 Å². The van der Waals surface area contributed by atoms with Crippen LogP contribution < -0.4 is 4.74 Å². The van der Waals surface area contributed by atoms with Gasteiger partial charge in [-0.25, -0.2) is 0 Å². The Bertz CT molecular complexity index is 461. The molecule has 17 heavy (non-hydrogen) atoms. The highest BCUT2D eigenvalue weighted by Crippen LogP contribution is 2.37. The van der Waals surface area contributed by atoms with Gasteiger partial charge in [-0.05, 0) is 38.3 Å². The van der Waals surface area contributed by atoms with Crippen LogP contribution in [0.4, 0.5) is 0 Å². The molecular weight excluding hydrogens is 216 g/mol. The molecule has 1 aromatic rings. The molecular formula is C14H18O3. The van der Waals surface area contributed by atoms with Crippen LogP contribution in [0.3, 0.4) is 0 Å². The molecule has 0 aliphatic carbocycles. The predicted molar refractivity (Wildman–Crippen MR) is 65.8 cm³/mol. The van der Waals surface area contributed by atoms with Crippen molar-refractivity contribution in [3.63, 3.8) is 0 Å². The van der Waals surface area contributed by atoms with Gasteiger partial charge in [0.25, 0.3) is 0 Å². The Morgan fingerprint density at radius 2 is 2.18 bits per heavy atom. The number of fused-ring (bicyclic) bond motifs is 1. The number of aromatic hydroxyl groups is 1. The van der Waals surface area contributed by atoms with Crippen LogP contribution in [0.1, 0.15) is 49.5 Å². The number of benzene rings is 1. The van der Waals surface area contributed by atoms with E-state index in [9.17, 15) is 9.90 Å². The summed E-state index contributed by atoms with van der Waals surface area (Å²) in [6.07, 6.45) is 2.20. The van der Waals surface area contributed by atoms with Crippen molar-refractivity contribution >= 4 is 5.78 Å². The van der Waals surface area contributed by atoms with E-state index in [0.717, 1.165) is 18.4 Å². The van der Waals surface area contributed by atoms with Gasteiger partial charge in [-0.15, -0.1) is 0 Å². The van der Waals surface area contributed by atoms with Crippen LogP contribution in [0.5, 0.6) is 11.5 Å².